The van der Waals surface area contributed by atoms with Gasteiger partial charge >= 0.3 is 18.2 Å². The van der Waals surface area contributed by atoms with E-state index in [4.69, 9.17) is 9.47 Å². The number of hydrogen-bond acceptors (Lipinski definition) is 7. The van der Waals surface area contributed by atoms with E-state index in [2.05, 4.69) is 0 Å². The van der Waals surface area contributed by atoms with Crippen LogP contribution >= 0.6 is 0 Å². The van der Waals surface area contributed by atoms with E-state index in [-0.39, 0.29) is 31.6 Å². The van der Waals surface area contributed by atoms with Crippen LogP contribution in [-0.4, -0.2) is 68.5 Å². The summed E-state index contributed by atoms with van der Waals surface area (Å²) in [6.07, 6.45) is 0.242. The molecule has 1 unspecified atom stereocenters. The minimum atomic E-state index is -1.94. The van der Waals surface area contributed by atoms with Crippen molar-refractivity contribution in [1.29, 1.82) is 0 Å². The molecule has 10 nitrogen and oxygen atoms in total. The third-order valence-corrected chi connectivity index (χ3v) is 7.19. The van der Waals surface area contributed by atoms with Gasteiger partial charge in [-0.25, -0.2) is 24.2 Å². The molecule has 2 aliphatic heterocycles. The van der Waals surface area contributed by atoms with Crippen molar-refractivity contribution in [2.24, 2.45) is 0 Å². The predicted molar refractivity (Wildman–Crippen MR) is 143 cm³/mol. The largest absolute Gasteiger partial charge is 0.447 e. The van der Waals surface area contributed by atoms with Crippen molar-refractivity contribution in [3.8, 4) is 0 Å². The van der Waals surface area contributed by atoms with Gasteiger partial charge < -0.3 is 9.47 Å². The second-order valence-corrected chi connectivity index (χ2v) is 11.1. The number of cyclic esters (lactones) is 1. The standard InChI is InChI=1S/C30H31N3O7/c1-29(2,3)40-28(38)33-26(36)31(18-21-13-8-5-9-14-21)25(35)30(33)16-10-15-23(30)24(34)32-22(19-39-27(32)37)17-20-11-6-4-7-12-20/h4-9,11-15,22H,10,16-19H2,1-3H3/t22-,30?/m0/s1. The molecule has 0 bridgehead atoms. The Morgan fingerprint density at radius 1 is 0.975 bits per heavy atom. The van der Waals surface area contributed by atoms with Crippen LogP contribution in [0.1, 0.15) is 44.7 Å². The van der Waals surface area contributed by atoms with Crippen LogP contribution in [0.2, 0.25) is 0 Å². The Hall–Kier alpha value is -4.47. The summed E-state index contributed by atoms with van der Waals surface area (Å²) in [4.78, 5) is 71.0. The van der Waals surface area contributed by atoms with Crippen LogP contribution in [0, 0.1) is 0 Å². The Bertz CT molecular complexity index is 1380. The molecule has 0 N–H and O–H groups in total. The minimum Gasteiger partial charge on any atom is -0.447 e. The molecule has 2 aromatic rings. The van der Waals surface area contributed by atoms with Crippen molar-refractivity contribution in [2.45, 2.75) is 63.8 Å². The van der Waals surface area contributed by atoms with E-state index < -0.39 is 47.2 Å². The lowest BCUT2D eigenvalue weighted by Gasteiger charge is -2.34. The van der Waals surface area contributed by atoms with Gasteiger partial charge in [0.05, 0.1) is 12.6 Å². The minimum absolute atomic E-state index is 0.00454. The first-order valence-electron chi connectivity index (χ1n) is 13.2. The summed E-state index contributed by atoms with van der Waals surface area (Å²) in [5.41, 5.74) is -1.45. The molecule has 1 aliphatic carbocycles. The van der Waals surface area contributed by atoms with Gasteiger partial charge in [0.15, 0.2) is 5.54 Å². The van der Waals surface area contributed by atoms with Gasteiger partial charge in [-0.15, -0.1) is 0 Å². The van der Waals surface area contributed by atoms with Crippen molar-refractivity contribution in [3.05, 3.63) is 83.4 Å². The highest BCUT2D eigenvalue weighted by atomic mass is 16.6. The fourth-order valence-corrected chi connectivity index (χ4v) is 5.46. The van der Waals surface area contributed by atoms with Crippen LogP contribution in [0.15, 0.2) is 72.3 Å². The fourth-order valence-electron chi connectivity index (χ4n) is 5.46. The van der Waals surface area contributed by atoms with Crippen molar-refractivity contribution >= 4 is 30.0 Å². The number of hydrogen-bond donors (Lipinski definition) is 0. The number of ether oxygens (including phenoxy) is 2. The Balaban J connectivity index is 1.52. The summed E-state index contributed by atoms with van der Waals surface area (Å²) in [6, 6.07) is 16.7. The molecule has 0 radical (unpaired) electrons. The predicted octanol–water partition coefficient (Wildman–Crippen LogP) is 4.44. The number of imide groups is 3. The third kappa shape index (κ3) is 4.74. The average molecular weight is 546 g/mol. The SMILES string of the molecule is CC(C)(C)OC(=O)N1C(=O)N(Cc2ccccc2)C(=O)C12CCC=C2C(=O)N1C(=O)OC[C@@H]1Cc1ccccc1. The number of amides is 6. The molecule has 40 heavy (non-hydrogen) atoms. The summed E-state index contributed by atoms with van der Waals surface area (Å²) < 4.78 is 10.8. The molecule has 3 aliphatic rings. The first-order valence-corrected chi connectivity index (χ1v) is 13.2. The Kier molecular flexibility index (Phi) is 6.95. The molecule has 2 heterocycles. The maximum Gasteiger partial charge on any atom is 0.419 e. The second kappa shape index (κ2) is 10.3. The zero-order valence-corrected chi connectivity index (χ0v) is 22.7. The first-order chi connectivity index (χ1) is 19.0. The number of urea groups is 1. The van der Waals surface area contributed by atoms with Crippen LogP contribution in [-0.2, 0) is 32.0 Å². The molecule has 2 aromatic carbocycles. The Morgan fingerprint density at radius 2 is 1.60 bits per heavy atom. The van der Waals surface area contributed by atoms with Crippen molar-refractivity contribution in [3.63, 3.8) is 0 Å². The Labute approximate surface area is 232 Å². The smallest absolute Gasteiger partial charge is 0.419 e. The highest BCUT2D eigenvalue weighted by Gasteiger charge is 2.66. The average Bonchev–Trinajstić information content (AvgIpc) is 3.56. The normalized spacial score (nSPS) is 22.7. The van der Waals surface area contributed by atoms with E-state index in [1.165, 1.54) is 6.08 Å². The van der Waals surface area contributed by atoms with E-state index in [1.807, 2.05) is 36.4 Å². The van der Waals surface area contributed by atoms with Gasteiger partial charge in [0, 0.05) is 5.57 Å². The van der Waals surface area contributed by atoms with Gasteiger partial charge in [-0.1, -0.05) is 66.7 Å². The van der Waals surface area contributed by atoms with E-state index in [1.54, 1.807) is 45.0 Å². The van der Waals surface area contributed by atoms with Crippen LogP contribution in [0.25, 0.3) is 0 Å². The number of carbonyl (C=O) groups is 5. The van der Waals surface area contributed by atoms with Crippen LogP contribution in [0.3, 0.4) is 0 Å². The van der Waals surface area contributed by atoms with E-state index in [0.29, 0.717) is 12.0 Å². The molecule has 2 atom stereocenters. The molecule has 1 spiro atoms. The Morgan fingerprint density at radius 3 is 2.23 bits per heavy atom. The lowest BCUT2D eigenvalue weighted by Crippen LogP contribution is -2.57. The van der Waals surface area contributed by atoms with Gasteiger partial charge in [0.25, 0.3) is 11.8 Å². The highest BCUT2D eigenvalue weighted by molar-refractivity contribution is 6.20. The molecule has 10 heteroatoms. The summed E-state index contributed by atoms with van der Waals surface area (Å²) in [5.74, 6) is -1.48. The molecule has 6 amide bonds. The maximum absolute atomic E-state index is 14.1. The van der Waals surface area contributed by atoms with Gasteiger partial charge in [0.2, 0.25) is 0 Å². The lowest BCUT2D eigenvalue weighted by molar-refractivity contribution is -0.135. The van der Waals surface area contributed by atoms with Crippen molar-refractivity contribution < 1.29 is 33.4 Å². The molecule has 2 saturated heterocycles. The molecule has 208 valence electrons. The topological polar surface area (TPSA) is 114 Å². The van der Waals surface area contributed by atoms with E-state index in [9.17, 15) is 24.0 Å². The lowest BCUT2D eigenvalue weighted by atomic mass is 9.88. The van der Waals surface area contributed by atoms with Gasteiger partial charge in [0.1, 0.15) is 12.2 Å². The maximum atomic E-state index is 14.1. The second-order valence-electron chi connectivity index (χ2n) is 11.1. The van der Waals surface area contributed by atoms with Crippen LogP contribution < -0.4 is 0 Å². The molecule has 0 saturated carbocycles. The van der Waals surface area contributed by atoms with Gasteiger partial charge in [-0.2, -0.15) is 0 Å². The quantitative estimate of drug-likeness (QED) is 0.511. The number of benzene rings is 2. The highest BCUT2D eigenvalue weighted by Crippen LogP contribution is 2.45. The summed E-state index contributed by atoms with van der Waals surface area (Å²) >= 11 is 0. The van der Waals surface area contributed by atoms with Crippen molar-refractivity contribution in [1.82, 2.24) is 14.7 Å². The number of nitrogens with zero attached hydrogens (tertiary/aromatic N) is 3. The number of rotatable bonds is 5. The van der Waals surface area contributed by atoms with Crippen molar-refractivity contribution in [2.75, 3.05) is 6.61 Å². The van der Waals surface area contributed by atoms with Crippen LogP contribution in [0.4, 0.5) is 14.4 Å². The molecular weight excluding hydrogens is 514 g/mol. The monoisotopic (exact) mass is 545 g/mol. The van der Waals surface area contributed by atoms with Gasteiger partial charge in [-0.05, 0) is 51.2 Å². The van der Waals surface area contributed by atoms with E-state index >= 15 is 0 Å². The molecule has 5 rings (SSSR count). The number of allylic oxidation sites excluding steroid dienone is 1. The molecular formula is C30H31N3O7. The zero-order valence-electron chi connectivity index (χ0n) is 22.7. The molecule has 2 fully saturated rings. The van der Waals surface area contributed by atoms with Gasteiger partial charge in [-0.3, -0.25) is 14.5 Å². The number of carbonyl (C=O) groups excluding carboxylic acids is 5. The zero-order chi connectivity index (χ0) is 28.7. The first kappa shape index (κ1) is 27.1. The molecule has 0 aromatic heterocycles. The summed E-state index contributed by atoms with van der Waals surface area (Å²) in [7, 11) is 0. The van der Waals surface area contributed by atoms with Crippen LogP contribution in [0.5, 0.6) is 0 Å². The summed E-state index contributed by atoms with van der Waals surface area (Å²) in [5, 5.41) is 0. The van der Waals surface area contributed by atoms with E-state index in [0.717, 1.165) is 20.3 Å². The third-order valence-electron chi connectivity index (χ3n) is 7.19. The fraction of sp³-hybridized carbons (Fsp3) is 0.367. The summed E-state index contributed by atoms with van der Waals surface area (Å²) in [6.45, 7) is 4.83.